The summed E-state index contributed by atoms with van der Waals surface area (Å²) >= 11 is 0. The molecule has 0 aliphatic carbocycles. The SMILES string of the molecule is CNC(=O)C1CN(CCc2ccccc2)CCN1C(=O)c1ccnc(N2CCOCC2)c1. The van der Waals surface area contributed by atoms with Gasteiger partial charge in [0.1, 0.15) is 11.9 Å². The number of nitrogens with one attached hydrogen (secondary N) is 1. The number of likely N-dealkylation sites (N-methyl/N-ethyl adjacent to an activating group) is 1. The van der Waals surface area contributed by atoms with Gasteiger partial charge in [0.2, 0.25) is 5.91 Å². The highest BCUT2D eigenvalue weighted by molar-refractivity contribution is 5.98. The van der Waals surface area contributed by atoms with E-state index in [1.807, 2.05) is 24.3 Å². The monoisotopic (exact) mass is 437 g/mol. The lowest BCUT2D eigenvalue weighted by molar-refractivity contribution is -0.127. The van der Waals surface area contributed by atoms with Gasteiger partial charge in [-0.3, -0.25) is 14.5 Å². The first kappa shape index (κ1) is 22.2. The summed E-state index contributed by atoms with van der Waals surface area (Å²) in [6.45, 7) is 5.47. The van der Waals surface area contributed by atoms with Crippen LogP contribution in [0.3, 0.4) is 0 Å². The predicted octanol–water partition coefficient (Wildman–Crippen LogP) is 1.03. The number of rotatable bonds is 6. The minimum Gasteiger partial charge on any atom is -0.378 e. The van der Waals surface area contributed by atoms with Gasteiger partial charge in [0.25, 0.3) is 5.91 Å². The second kappa shape index (κ2) is 10.6. The third kappa shape index (κ3) is 5.26. The summed E-state index contributed by atoms with van der Waals surface area (Å²) < 4.78 is 5.41. The van der Waals surface area contributed by atoms with Crippen molar-refractivity contribution in [3.63, 3.8) is 0 Å². The third-order valence-electron chi connectivity index (χ3n) is 6.16. The molecule has 0 saturated carbocycles. The summed E-state index contributed by atoms with van der Waals surface area (Å²) in [5, 5.41) is 2.73. The van der Waals surface area contributed by atoms with E-state index < -0.39 is 6.04 Å². The zero-order valence-corrected chi connectivity index (χ0v) is 18.6. The summed E-state index contributed by atoms with van der Waals surface area (Å²) in [6, 6.07) is 13.4. The molecule has 170 valence electrons. The Morgan fingerprint density at radius 3 is 2.62 bits per heavy atom. The second-order valence-electron chi connectivity index (χ2n) is 8.17. The zero-order chi connectivity index (χ0) is 22.3. The maximum atomic E-state index is 13.4. The van der Waals surface area contributed by atoms with Crippen LogP contribution in [0.5, 0.6) is 0 Å². The van der Waals surface area contributed by atoms with Crippen LogP contribution in [0.25, 0.3) is 0 Å². The molecule has 1 N–H and O–H groups in total. The number of amides is 2. The Bertz CT molecular complexity index is 917. The highest BCUT2D eigenvalue weighted by atomic mass is 16.5. The van der Waals surface area contributed by atoms with E-state index in [0.29, 0.717) is 31.9 Å². The fourth-order valence-corrected chi connectivity index (χ4v) is 4.29. The molecule has 32 heavy (non-hydrogen) atoms. The van der Waals surface area contributed by atoms with Crippen LogP contribution in [0.2, 0.25) is 0 Å². The molecule has 4 rings (SSSR count). The van der Waals surface area contributed by atoms with Gasteiger partial charge in [-0.2, -0.15) is 0 Å². The summed E-state index contributed by atoms with van der Waals surface area (Å²) in [5.41, 5.74) is 1.84. The number of hydrogen-bond donors (Lipinski definition) is 1. The number of morpholine rings is 1. The third-order valence-corrected chi connectivity index (χ3v) is 6.16. The molecule has 8 nitrogen and oxygen atoms in total. The number of piperazine rings is 1. The van der Waals surface area contributed by atoms with Crippen molar-refractivity contribution in [2.45, 2.75) is 12.5 Å². The Morgan fingerprint density at radius 1 is 1.09 bits per heavy atom. The molecule has 8 heteroatoms. The molecule has 2 saturated heterocycles. The van der Waals surface area contributed by atoms with Crippen molar-refractivity contribution in [3.05, 3.63) is 59.8 Å². The number of aromatic nitrogens is 1. The largest absolute Gasteiger partial charge is 0.378 e. The Hall–Kier alpha value is -2.97. The van der Waals surface area contributed by atoms with E-state index in [9.17, 15) is 9.59 Å². The standard InChI is InChI=1S/C24H31N5O3/c1-25-23(30)21-18-27(10-8-19-5-3-2-4-6-19)11-12-29(21)24(31)20-7-9-26-22(17-20)28-13-15-32-16-14-28/h2-7,9,17,21H,8,10-16,18H2,1H3,(H,25,30). The average Bonchev–Trinajstić information content (AvgIpc) is 2.87. The highest BCUT2D eigenvalue weighted by Gasteiger charge is 2.35. The van der Waals surface area contributed by atoms with Crippen molar-refractivity contribution >= 4 is 17.6 Å². The topological polar surface area (TPSA) is 78.0 Å². The molecule has 0 spiro atoms. The summed E-state index contributed by atoms with van der Waals surface area (Å²) in [7, 11) is 1.62. The molecule has 2 amide bonds. The van der Waals surface area contributed by atoms with Crippen LogP contribution in [-0.2, 0) is 16.0 Å². The Kier molecular flexibility index (Phi) is 7.34. The van der Waals surface area contributed by atoms with Crippen molar-refractivity contribution in [2.75, 3.05) is 64.4 Å². The lowest BCUT2D eigenvalue weighted by Gasteiger charge is -2.40. The molecule has 1 atom stereocenters. The van der Waals surface area contributed by atoms with Crippen LogP contribution in [-0.4, -0.2) is 92.2 Å². The number of carbonyl (C=O) groups excluding carboxylic acids is 2. The molecule has 2 fully saturated rings. The van der Waals surface area contributed by atoms with Crippen LogP contribution in [0, 0.1) is 0 Å². The van der Waals surface area contributed by atoms with Crippen molar-refractivity contribution in [2.24, 2.45) is 0 Å². The van der Waals surface area contributed by atoms with E-state index >= 15 is 0 Å². The Balaban J connectivity index is 1.45. The number of carbonyl (C=O) groups is 2. The van der Waals surface area contributed by atoms with Crippen molar-refractivity contribution in [1.29, 1.82) is 0 Å². The van der Waals surface area contributed by atoms with Crippen molar-refractivity contribution in [1.82, 2.24) is 20.1 Å². The van der Waals surface area contributed by atoms with Crippen LogP contribution >= 0.6 is 0 Å². The van der Waals surface area contributed by atoms with Gasteiger partial charge in [0.15, 0.2) is 0 Å². The number of nitrogens with zero attached hydrogens (tertiary/aromatic N) is 4. The number of ether oxygens (including phenoxy) is 1. The molecule has 3 heterocycles. The molecule has 2 aliphatic rings. The van der Waals surface area contributed by atoms with Crippen LogP contribution in [0.15, 0.2) is 48.7 Å². The fourth-order valence-electron chi connectivity index (χ4n) is 4.29. The fraction of sp³-hybridized carbons (Fsp3) is 0.458. The molecular weight excluding hydrogens is 406 g/mol. The molecular formula is C24H31N5O3. The predicted molar refractivity (Wildman–Crippen MR) is 123 cm³/mol. The summed E-state index contributed by atoms with van der Waals surface area (Å²) in [4.78, 5) is 36.6. The van der Waals surface area contributed by atoms with Crippen LogP contribution in [0.1, 0.15) is 15.9 Å². The van der Waals surface area contributed by atoms with E-state index in [1.165, 1.54) is 5.56 Å². The molecule has 0 radical (unpaired) electrons. The first-order valence-electron chi connectivity index (χ1n) is 11.2. The second-order valence-corrected chi connectivity index (χ2v) is 8.17. The average molecular weight is 438 g/mol. The number of anilines is 1. The molecule has 1 aromatic carbocycles. The number of benzene rings is 1. The zero-order valence-electron chi connectivity index (χ0n) is 18.6. The van der Waals surface area contributed by atoms with Gasteiger partial charge in [0, 0.05) is 58.1 Å². The van der Waals surface area contributed by atoms with Gasteiger partial charge >= 0.3 is 0 Å². The van der Waals surface area contributed by atoms with Gasteiger partial charge in [-0.15, -0.1) is 0 Å². The van der Waals surface area contributed by atoms with E-state index in [2.05, 4.69) is 32.2 Å². The summed E-state index contributed by atoms with van der Waals surface area (Å²) in [5.74, 6) is 0.514. The molecule has 2 aromatic rings. The van der Waals surface area contributed by atoms with Gasteiger partial charge in [-0.05, 0) is 24.1 Å². The Labute approximate surface area is 189 Å². The van der Waals surface area contributed by atoms with Gasteiger partial charge < -0.3 is 19.9 Å². The first-order valence-corrected chi connectivity index (χ1v) is 11.2. The molecule has 2 aliphatic heterocycles. The van der Waals surface area contributed by atoms with E-state index in [-0.39, 0.29) is 11.8 Å². The quantitative estimate of drug-likeness (QED) is 0.728. The maximum Gasteiger partial charge on any atom is 0.254 e. The summed E-state index contributed by atoms with van der Waals surface area (Å²) in [6.07, 6.45) is 2.59. The van der Waals surface area contributed by atoms with Crippen LogP contribution < -0.4 is 10.2 Å². The van der Waals surface area contributed by atoms with Crippen molar-refractivity contribution < 1.29 is 14.3 Å². The first-order chi connectivity index (χ1) is 15.7. The minimum atomic E-state index is -0.517. The minimum absolute atomic E-state index is 0.127. The van der Waals surface area contributed by atoms with Crippen LogP contribution in [0.4, 0.5) is 5.82 Å². The molecule has 1 aromatic heterocycles. The van der Waals surface area contributed by atoms with Gasteiger partial charge in [-0.1, -0.05) is 30.3 Å². The maximum absolute atomic E-state index is 13.4. The molecule has 0 bridgehead atoms. The lowest BCUT2D eigenvalue weighted by Crippen LogP contribution is -2.60. The highest BCUT2D eigenvalue weighted by Crippen LogP contribution is 2.19. The number of hydrogen-bond acceptors (Lipinski definition) is 6. The van der Waals surface area contributed by atoms with E-state index in [4.69, 9.17) is 4.74 Å². The molecule has 1 unspecified atom stereocenters. The Morgan fingerprint density at radius 2 is 1.88 bits per heavy atom. The van der Waals surface area contributed by atoms with E-state index in [0.717, 1.165) is 38.4 Å². The van der Waals surface area contributed by atoms with Gasteiger partial charge in [0.05, 0.1) is 13.2 Å². The smallest absolute Gasteiger partial charge is 0.254 e. The lowest BCUT2D eigenvalue weighted by atomic mass is 10.1. The van der Waals surface area contributed by atoms with Gasteiger partial charge in [-0.25, -0.2) is 4.98 Å². The van der Waals surface area contributed by atoms with E-state index in [1.54, 1.807) is 24.2 Å². The van der Waals surface area contributed by atoms with Crippen molar-refractivity contribution in [3.8, 4) is 0 Å². The normalized spacial score (nSPS) is 19.6. The number of pyridine rings is 1.